The van der Waals surface area contributed by atoms with Crippen LogP contribution in [0.15, 0.2) is 52.5 Å². The van der Waals surface area contributed by atoms with Crippen molar-refractivity contribution < 1.29 is 9.72 Å². The number of amides is 1. The summed E-state index contributed by atoms with van der Waals surface area (Å²) < 4.78 is 0.802. The Morgan fingerprint density at radius 3 is 2.71 bits per heavy atom. The van der Waals surface area contributed by atoms with Gasteiger partial charge in [0.1, 0.15) is 11.6 Å². The van der Waals surface area contributed by atoms with Crippen molar-refractivity contribution in [2.75, 3.05) is 5.32 Å². The van der Waals surface area contributed by atoms with Gasteiger partial charge in [-0.1, -0.05) is 39.7 Å². The molecule has 2 aromatic carbocycles. The standard InChI is InChI=1S/C16H9BrClN3O3/c17-12-3-1-2-10(7-12)6-11(9-19)16(22)20-15-8-13(21(23)24)4-5-14(15)18/h1-8H,(H,20,22)/b11-6+. The van der Waals surface area contributed by atoms with E-state index in [-0.39, 0.29) is 22.0 Å². The molecule has 0 aliphatic rings. The van der Waals surface area contributed by atoms with Crippen molar-refractivity contribution in [2.24, 2.45) is 0 Å². The molecule has 2 rings (SSSR count). The lowest BCUT2D eigenvalue weighted by Crippen LogP contribution is -2.14. The molecule has 0 heterocycles. The summed E-state index contributed by atoms with van der Waals surface area (Å²) in [4.78, 5) is 22.4. The Bertz CT molecular complexity index is 890. The quantitative estimate of drug-likeness (QED) is 0.348. The molecule has 0 atom stereocenters. The highest BCUT2D eigenvalue weighted by molar-refractivity contribution is 9.10. The molecule has 1 N–H and O–H groups in total. The molecule has 0 unspecified atom stereocenters. The summed E-state index contributed by atoms with van der Waals surface area (Å²) >= 11 is 9.23. The minimum absolute atomic E-state index is 0.0614. The van der Waals surface area contributed by atoms with E-state index in [0.29, 0.717) is 5.56 Å². The van der Waals surface area contributed by atoms with Gasteiger partial charge in [-0.25, -0.2) is 0 Å². The predicted octanol–water partition coefficient (Wildman–Crippen LogP) is 4.56. The zero-order chi connectivity index (χ0) is 17.7. The van der Waals surface area contributed by atoms with E-state index in [1.807, 2.05) is 6.07 Å². The highest BCUT2D eigenvalue weighted by Gasteiger charge is 2.15. The van der Waals surface area contributed by atoms with Gasteiger partial charge in [-0.05, 0) is 29.8 Å². The number of rotatable bonds is 4. The van der Waals surface area contributed by atoms with Gasteiger partial charge in [-0.2, -0.15) is 5.26 Å². The number of anilines is 1. The molecule has 1 amide bonds. The Hall–Kier alpha value is -2.69. The van der Waals surface area contributed by atoms with Crippen LogP contribution in [0.5, 0.6) is 0 Å². The van der Waals surface area contributed by atoms with E-state index in [9.17, 15) is 20.2 Å². The lowest BCUT2D eigenvalue weighted by molar-refractivity contribution is -0.384. The van der Waals surface area contributed by atoms with Crippen molar-refractivity contribution in [3.05, 3.63) is 73.2 Å². The van der Waals surface area contributed by atoms with Crippen LogP contribution < -0.4 is 5.32 Å². The Kier molecular flexibility index (Phi) is 5.68. The zero-order valence-electron chi connectivity index (χ0n) is 12.0. The summed E-state index contributed by atoms with van der Waals surface area (Å²) in [7, 11) is 0. The fraction of sp³-hybridized carbons (Fsp3) is 0. The second-order valence-corrected chi connectivity index (χ2v) is 5.92. The number of nitrogens with zero attached hydrogens (tertiary/aromatic N) is 2. The van der Waals surface area contributed by atoms with E-state index in [4.69, 9.17) is 11.6 Å². The Morgan fingerprint density at radius 2 is 2.08 bits per heavy atom. The van der Waals surface area contributed by atoms with Gasteiger partial charge < -0.3 is 5.32 Å². The molecular weight excluding hydrogens is 398 g/mol. The van der Waals surface area contributed by atoms with Crippen molar-refractivity contribution in [2.45, 2.75) is 0 Å². The maximum Gasteiger partial charge on any atom is 0.271 e. The fourth-order valence-electron chi connectivity index (χ4n) is 1.82. The molecule has 2 aromatic rings. The van der Waals surface area contributed by atoms with Crippen LogP contribution in [0, 0.1) is 21.4 Å². The van der Waals surface area contributed by atoms with Gasteiger partial charge in [-0.3, -0.25) is 14.9 Å². The third-order valence-electron chi connectivity index (χ3n) is 2.93. The Labute approximate surface area is 150 Å². The van der Waals surface area contributed by atoms with Crippen molar-refractivity contribution in [1.82, 2.24) is 0 Å². The zero-order valence-corrected chi connectivity index (χ0v) is 14.3. The number of hydrogen-bond donors (Lipinski definition) is 1. The molecule has 0 spiro atoms. The largest absolute Gasteiger partial charge is 0.320 e. The number of carbonyl (C=O) groups is 1. The lowest BCUT2D eigenvalue weighted by Gasteiger charge is -2.06. The van der Waals surface area contributed by atoms with E-state index in [1.54, 1.807) is 24.3 Å². The lowest BCUT2D eigenvalue weighted by atomic mass is 10.1. The molecule has 0 saturated carbocycles. The van der Waals surface area contributed by atoms with Gasteiger partial charge in [0.2, 0.25) is 0 Å². The van der Waals surface area contributed by atoms with E-state index in [0.717, 1.165) is 10.5 Å². The first-order valence-electron chi connectivity index (χ1n) is 6.53. The smallest absolute Gasteiger partial charge is 0.271 e. The van der Waals surface area contributed by atoms with Crippen LogP contribution in [0.1, 0.15) is 5.56 Å². The second-order valence-electron chi connectivity index (χ2n) is 4.60. The van der Waals surface area contributed by atoms with Crippen molar-refractivity contribution in [3.63, 3.8) is 0 Å². The van der Waals surface area contributed by atoms with Crippen molar-refractivity contribution >= 4 is 50.9 Å². The van der Waals surface area contributed by atoms with E-state index in [2.05, 4.69) is 21.2 Å². The number of hydrogen-bond acceptors (Lipinski definition) is 4. The summed E-state index contributed by atoms with van der Waals surface area (Å²) in [6.45, 7) is 0. The molecule has 24 heavy (non-hydrogen) atoms. The molecule has 0 bridgehead atoms. The minimum Gasteiger partial charge on any atom is -0.320 e. The van der Waals surface area contributed by atoms with Crippen LogP contribution in [0.3, 0.4) is 0 Å². The third kappa shape index (κ3) is 4.41. The van der Waals surface area contributed by atoms with Crippen molar-refractivity contribution in [3.8, 4) is 6.07 Å². The van der Waals surface area contributed by atoms with Crippen LogP contribution in [0.4, 0.5) is 11.4 Å². The SMILES string of the molecule is N#C/C(=C\c1cccc(Br)c1)C(=O)Nc1cc([N+](=O)[O-])ccc1Cl. The summed E-state index contributed by atoms with van der Waals surface area (Å²) in [6, 6.07) is 12.5. The number of nitro benzene ring substituents is 1. The molecule has 0 aliphatic heterocycles. The maximum atomic E-state index is 12.2. The molecule has 0 saturated heterocycles. The summed E-state index contributed by atoms with van der Waals surface area (Å²) in [5.41, 5.74) is 0.340. The summed E-state index contributed by atoms with van der Waals surface area (Å²) in [6.07, 6.45) is 1.41. The second kappa shape index (κ2) is 7.73. The van der Waals surface area contributed by atoms with Gasteiger partial charge in [0, 0.05) is 16.6 Å². The Morgan fingerprint density at radius 1 is 1.33 bits per heavy atom. The average molecular weight is 407 g/mol. The topological polar surface area (TPSA) is 96.0 Å². The van der Waals surface area contributed by atoms with E-state index < -0.39 is 10.8 Å². The predicted molar refractivity (Wildman–Crippen MR) is 94.5 cm³/mol. The monoisotopic (exact) mass is 405 g/mol. The first-order valence-corrected chi connectivity index (χ1v) is 7.70. The van der Waals surface area contributed by atoms with Crippen LogP contribution in [-0.4, -0.2) is 10.8 Å². The number of non-ortho nitro benzene ring substituents is 1. The number of nitrogens with one attached hydrogen (secondary N) is 1. The van der Waals surface area contributed by atoms with E-state index >= 15 is 0 Å². The highest BCUT2D eigenvalue weighted by atomic mass is 79.9. The molecule has 6 nitrogen and oxygen atoms in total. The first-order chi connectivity index (χ1) is 11.4. The molecule has 0 aromatic heterocycles. The summed E-state index contributed by atoms with van der Waals surface area (Å²) in [5.74, 6) is -0.708. The maximum absolute atomic E-state index is 12.2. The number of nitro groups is 1. The number of carbonyl (C=O) groups excluding carboxylic acids is 1. The van der Waals surface area contributed by atoms with Gasteiger partial charge in [-0.15, -0.1) is 0 Å². The summed E-state index contributed by atoms with van der Waals surface area (Å²) in [5, 5.41) is 22.5. The van der Waals surface area contributed by atoms with Crippen LogP contribution >= 0.6 is 27.5 Å². The van der Waals surface area contributed by atoms with E-state index in [1.165, 1.54) is 18.2 Å². The van der Waals surface area contributed by atoms with Gasteiger partial charge in [0.05, 0.1) is 15.6 Å². The molecule has 0 fully saturated rings. The fourth-order valence-corrected chi connectivity index (χ4v) is 2.41. The highest BCUT2D eigenvalue weighted by Crippen LogP contribution is 2.27. The van der Waals surface area contributed by atoms with Gasteiger partial charge >= 0.3 is 0 Å². The molecule has 120 valence electrons. The van der Waals surface area contributed by atoms with Crippen LogP contribution in [-0.2, 0) is 4.79 Å². The third-order valence-corrected chi connectivity index (χ3v) is 3.76. The molecule has 0 radical (unpaired) electrons. The number of benzene rings is 2. The van der Waals surface area contributed by atoms with Crippen LogP contribution in [0.25, 0.3) is 6.08 Å². The van der Waals surface area contributed by atoms with Crippen molar-refractivity contribution in [1.29, 1.82) is 5.26 Å². The van der Waals surface area contributed by atoms with Gasteiger partial charge in [0.25, 0.3) is 11.6 Å². The van der Waals surface area contributed by atoms with Gasteiger partial charge in [0.15, 0.2) is 0 Å². The minimum atomic E-state index is -0.708. The normalized spacial score (nSPS) is 10.8. The molecular formula is C16H9BrClN3O3. The average Bonchev–Trinajstić information content (AvgIpc) is 2.54. The Balaban J connectivity index is 2.29. The molecule has 0 aliphatic carbocycles. The molecule has 8 heteroatoms. The first kappa shape index (κ1) is 17.7. The number of halogens is 2. The number of nitriles is 1. The van der Waals surface area contributed by atoms with Crippen LogP contribution in [0.2, 0.25) is 5.02 Å².